The van der Waals surface area contributed by atoms with Crippen LogP contribution in [0.2, 0.25) is 0 Å². The lowest BCUT2D eigenvalue weighted by Gasteiger charge is -2.21. The predicted molar refractivity (Wildman–Crippen MR) is 76.7 cm³/mol. The van der Waals surface area contributed by atoms with Crippen LogP contribution in [0.25, 0.3) is 0 Å². The maximum Gasteiger partial charge on any atom is 0.336 e. The number of carbonyl (C=O) groups is 2. The van der Waals surface area contributed by atoms with Crippen LogP contribution in [0.1, 0.15) is 22.3 Å². The summed E-state index contributed by atoms with van der Waals surface area (Å²) in [5, 5.41) is 22.5. The van der Waals surface area contributed by atoms with E-state index in [0.717, 1.165) is 6.07 Å². The molecule has 1 aromatic carbocycles. The highest BCUT2D eigenvalue weighted by atomic mass is 16.6. The lowest BCUT2D eigenvalue weighted by molar-refractivity contribution is -0.385. The van der Waals surface area contributed by atoms with Crippen LogP contribution in [-0.4, -0.2) is 42.5 Å². The summed E-state index contributed by atoms with van der Waals surface area (Å²) in [6.45, 7) is 1.87. The van der Waals surface area contributed by atoms with E-state index < -0.39 is 10.9 Å². The molecule has 114 valence electrons. The van der Waals surface area contributed by atoms with Crippen molar-refractivity contribution in [1.82, 2.24) is 5.32 Å². The van der Waals surface area contributed by atoms with Gasteiger partial charge in [-0.05, 0) is 13.0 Å². The van der Waals surface area contributed by atoms with E-state index in [4.69, 9.17) is 5.11 Å². The lowest BCUT2D eigenvalue weighted by atomic mass is 10.1. The van der Waals surface area contributed by atoms with Crippen LogP contribution >= 0.6 is 0 Å². The van der Waals surface area contributed by atoms with Gasteiger partial charge in [0.1, 0.15) is 0 Å². The third kappa shape index (κ3) is 3.91. The SMILES string of the molecule is CNC(=O)CCN(C)c1cc(C(=O)O)cc([N+](=O)[O-])c1C. The summed E-state index contributed by atoms with van der Waals surface area (Å²) in [5.41, 5.74) is 0.376. The Labute approximate surface area is 121 Å². The zero-order valence-corrected chi connectivity index (χ0v) is 12.0. The number of hydrogen-bond acceptors (Lipinski definition) is 5. The van der Waals surface area contributed by atoms with Gasteiger partial charge >= 0.3 is 5.97 Å². The summed E-state index contributed by atoms with van der Waals surface area (Å²) < 4.78 is 0. The summed E-state index contributed by atoms with van der Waals surface area (Å²) in [6, 6.07) is 2.41. The van der Waals surface area contributed by atoms with E-state index in [2.05, 4.69) is 5.32 Å². The number of hydrogen-bond donors (Lipinski definition) is 2. The van der Waals surface area contributed by atoms with Crippen molar-refractivity contribution < 1.29 is 19.6 Å². The van der Waals surface area contributed by atoms with Gasteiger partial charge in [0, 0.05) is 38.8 Å². The van der Waals surface area contributed by atoms with Crippen molar-refractivity contribution in [3.8, 4) is 0 Å². The van der Waals surface area contributed by atoms with Crippen LogP contribution in [0, 0.1) is 17.0 Å². The van der Waals surface area contributed by atoms with Gasteiger partial charge in [0.2, 0.25) is 5.91 Å². The monoisotopic (exact) mass is 295 g/mol. The Morgan fingerprint density at radius 3 is 2.52 bits per heavy atom. The number of carboxylic acid groups (broad SMARTS) is 1. The van der Waals surface area contributed by atoms with E-state index in [1.807, 2.05) is 0 Å². The van der Waals surface area contributed by atoms with Gasteiger partial charge in [0.25, 0.3) is 5.69 Å². The molecule has 0 bridgehead atoms. The van der Waals surface area contributed by atoms with E-state index in [1.54, 1.807) is 18.9 Å². The van der Waals surface area contributed by atoms with Crippen molar-refractivity contribution in [3.05, 3.63) is 33.4 Å². The van der Waals surface area contributed by atoms with Crippen molar-refractivity contribution in [2.75, 3.05) is 25.5 Å². The molecule has 8 nitrogen and oxygen atoms in total. The van der Waals surface area contributed by atoms with Crippen LogP contribution in [0.4, 0.5) is 11.4 Å². The molecular weight excluding hydrogens is 278 g/mol. The van der Waals surface area contributed by atoms with Crippen molar-refractivity contribution >= 4 is 23.3 Å². The number of anilines is 1. The normalized spacial score (nSPS) is 10.0. The molecule has 0 saturated heterocycles. The molecule has 0 atom stereocenters. The minimum Gasteiger partial charge on any atom is -0.478 e. The van der Waals surface area contributed by atoms with Gasteiger partial charge in [-0.3, -0.25) is 14.9 Å². The summed E-state index contributed by atoms with van der Waals surface area (Å²) in [4.78, 5) is 34.3. The second kappa shape index (κ2) is 6.69. The predicted octanol–water partition coefficient (Wildman–Crippen LogP) is 1.17. The van der Waals surface area contributed by atoms with E-state index in [-0.39, 0.29) is 23.6 Å². The molecule has 0 aliphatic rings. The molecule has 0 radical (unpaired) electrons. The summed E-state index contributed by atoms with van der Waals surface area (Å²) in [7, 11) is 3.17. The molecule has 1 aromatic rings. The quantitative estimate of drug-likeness (QED) is 0.601. The van der Waals surface area contributed by atoms with Crippen molar-refractivity contribution in [1.29, 1.82) is 0 Å². The van der Waals surface area contributed by atoms with Gasteiger partial charge in [-0.1, -0.05) is 0 Å². The third-order valence-electron chi connectivity index (χ3n) is 3.16. The van der Waals surface area contributed by atoms with E-state index in [1.165, 1.54) is 13.1 Å². The van der Waals surface area contributed by atoms with Crippen LogP contribution in [-0.2, 0) is 4.79 Å². The lowest BCUT2D eigenvalue weighted by Crippen LogP contribution is -2.27. The average Bonchev–Trinajstić information content (AvgIpc) is 2.43. The number of amides is 1. The van der Waals surface area contributed by atoms with E-state index >= 15 is 0 Å². The van der Waals surface area contributed by atoms with Crippen LogP contribution in [0.3, 0.4) is 0 Å². The molecule has 0 saturated carbocycles. The first-order chi connectivity index (χ1) is 9.77. The Kier molecular flexibility index (Phi) is 5.23. The number of nitrogens with one attached hydrogen (secondary N) is 1. The second-order valence-corrected chi connectivity index (χ2v) is 4.55. The second-order valence-electron chi connectivity index (χ2n) is 4.55. The van der Waals surface area contributed by atoms with Gasteiger partial charge in [-0.25, -0.2) is 4.79 Å². The third-order valence-corrected chi connectivity index (χ3v) is 3.16. The van der Waals surface area contributed by atoms with Crippen LogP contribution < -0.4 is 10.2 Å². The minimum atomic E-state index is -1.24. The van der Waals surface area contributed by atoms with E-state index in [0.29, 0.717) is 17.8 Å². The zero-order valence-electron chi connectivity index (χ0n) is 12.0. The molecule has 2 N–H and O–H groups in total. The molecule has 1 rings (SSSR count). The van der Waals surface area contributed by atoms with Gasteiger partial charge < -0.3 is 15.3 Å². The highest BCUT2D eigenvalue weighted by molar-refractivity contribution is 5.90. The Balaban J connectivity index is 3.18. The molecule has 1 amide bonds. The Morgan fingerprint density at radius 2 is 2.05 bits per heavy atom. The highest BCUT2D eigenvalue weighted by Crippen LogP contribution is 2.30. The number of carbonyl (C=O) groups excluding carboxylic acids is 1. The van der Waals surface area contributed by atoms with Crippen molar-refractivity contribution in [3.63, 3.8) is 0 Å². The number of rotatable bonds is 6. The molecular formula is C13H17N3O5. The summed E-state index contributed by atoms with van der Waals surface area (Å²) in [5.74, 6) is -1.40. The number of nitro benzene ring substituents is 1. The summed E-state index contributed by atoms with van der Waals surface area (Å²) in [6.07, 6.45) is 0.206. The number of nitro groups is 1. The largest absolute Gasteiger partial charge is 0.478 e. The molecule has 0 spiro atoms. The standard InChI is InChI=1S/C13H17N3O5/c1-8-10(15(3)5-4-12(17)14-2)6-9(13(18)19)7-11(8)16(20)21/h6-7H,4-5H2,1-3H3,(H,14,17)(H,18,19). The Hall–Kier alpha value is -2.64. The van der Waals surface area contributed by atoms with Gasteiger partial charge in [-0.15, -0.1) is 0 Å². The molecule has 0 unspecified atom stereocenters. The van der Waals surface area contributed by atoms with Gasteiger partial charge in [0.05, 0.1) is 16.1 Å². The maximum absolute atomic E-state index is 11.2. The molecule has 0 heterocycles. The van der Waals surface area contributed by atoms with Crippen molar-refractivity contribution in [2.45, 2.75) is 13.3 Å². The smallest absolute Gasteiger partial charge is 0.336 e. The fraction of sp³-hybridized carbons (Fsp3) is 0.385. The number of nitrogens with zero attached hydrogens (tertiary/aromatic N) is 2. The molecule has 0 fully saturated rings. The minimum absolute atomic E-state index is 0.158. The van der Waals surface area contributed by atoms with Gasteiger partial charge in [0.15, 0.2) is 0 Å². The molecule has 0 aliphatic heterocycles. The molecule has 8 heteroatoms. The fourth-order valence-corrected chi connectivity index (χ4v) is 1.91. The highest BCUT2D eigenvalue weighted by Gasteiger charge is 2.21. The number of benzene rings is 1. The zero-order chi connectivity index (χ0) is 16.2. The summed E-state index contributed by atoms with van der Waals surface area (Å²) >= 11 is 0. The first-order valence-electron chi connectivity index (χ1n) is 6.22. The molecule has 0 aliphatic carbocycles. The van der Waals surface area contributed by atoms with Crippen LogP contribution in [0.15, 0.2) is 12.1 Å². The first-order valence-corrected chi connectivity index (χ1v) is 6.22. The maximum atomic E-state index is 11.2. The van der Waals surface area contributed by atoms with Crippen LogP contribution in [0.5, 0.6) is 0 Å². The Bertz CT molecular complexity index is 585. The molecule has 0 aromatic heterocycles. The van der Waals surface area contributed by atoms with E-state index in [9.17, 15) is 19.7 Å². The van der Waals surface area contributed by atoms with Crippen molar-refractivity contribution in [2.24, 2.45) is 0 Å². The average molecular weight is 295 g/mol. The topological polar surface area (TPSA) is 113 Å². The molecule has 21 heavy (non-hydrogen) atoms. The first kappa shape index (κ1) is 16.4. The number of aromatic carboxylic acids is 1. The van der Waals surface area contributed by atoms with Gasteiger partial charge in [-0.2, -0.15) is 0 Å². The Morgan fingerprint density at radius 1 is 1.43 bits per heavy atom. The number of carboxylic acids is 1. The fourth-order valence-electron chi connectivity index (χ4n) is 1.91.